The molecule has 122 valence electrons. The highest BCUT2D eigenvalue weighted by atomic mass is 31.1. The van der Waals surface area contributed by atoms with Crippen molar-refractivity contribution >= 4 is 18.5 Å². The quantitative estimate of drug-likeness (QED) is 0.711. The summed E-state index contributed by atoms with van der Waals surface area (Å²) in [5.74, 6) is 0. The predicted octanol–water partition coefficient (Wildman–Crippen LogP) is 4.41. The number of hydrogen-bond acceptors (Lipinski definition) is 1. The van der Waals surface area contributed by atoms with Crippen molar-refractivity contribution < 1.29 is 4.74 Å². The highest BCUT2D eigenvalue weighted by molar-refractivity contribution is 7.73. The summed E-state index contributed by atoms with van der Waals surface area (Å²) in [6.45, 7) is 1.81. The topological polar surface area (TPSA) is 9.23 Å². The van der Waals surface area contributed by atoms with Gasteiger partial charge < -0.3 is 4.74 Å². The van der Waals surface area contributed by atoms with Crippen LogP contribution in [-0.2, 0) is 4.74 Å². The van der Waals surface area contributed by atoms with Crippen molar-refractivity contribution in [3.05, 3.63) is 84.5 Å². The summed E-state index contributed by atoms with van der Waals surface area (Å²) in [6, 6.07) is 22.1. The number of hydrogen-bond donors (Lipinski definition) is 0. The van der Waals surface area contributed by atoms with Crippen molar-refractivity contribution in [3.63, 3.8) is 0 Å². The Morgan fingerprint density at radius 2 is 1.50 bits per heavy atom. The molecule has 24 heavy (non-hydrogen) atoms. The van der Waals surface area contributed by atoms with Crippen LogP contribution in [0.3, 0.4) is 0 Å². The van der Waals surface area contributed by atoms with Crippen LogP contribution in [0, 0.1) is 5.41 Å². The molecular weight excluding hydrogens is 311 g/mol. The van der Waals surface area contributed by atoms with E-state index >= 15 is 0 Å². The second kappa shape index (κ2) is 7.05. The fourth-order valence-electron chi connectivity index (χ4n) is 3.63. The number of allylic oxidation sites excluding steroid dienone is 4. The monoisotopic (exact) mass is 334 g/mol. The predicted molar refractivity (Wildman–Crippen MR) is 104 cm³/mol. The van der Waals surface area contributed by atoms with Crippen molar-refractivity contribution in [1.82, 2.24) is 0 Å². The highest BCUT2D eigenvalue weighted by Crippen LogP contribution is 2.47. The lowest BCUT2D eigenvalue weighted by Gasteiger charge is -2.44. The second-order valence-electron chi connectivity index (χ2n) is 6.88. The summed E-state index contributed by atoms with van der Waals surface area (Å²) in [5.41, 5.74) is 1.88. The van der Waals surface area contributed by atoms with E-state index in [4.69, 9.17) is 4.74 Å². The third-order valence-corrected chi connectivity index (χ3v) is 7.73. The lowest BCUT2D eigenvalue weighted by molar-refractivity contribution is -0.0976. The molecule has 0 aromatic heterocycles. The largest absolute Gasteiger partial charge is 0.380 e. The Labute approximate surface area is 145 Å². The summed E-state index contributed by atoms with van der Waals surface area (Å²) in [4.78, 5) is 0. The van der Waals surface area contributed by atoms with Gasteiger partial charge in [-0.3, -0.25) is 0 Å². The summed E-state index contributed by atoms with van der Waals surface area (Å²) in [5, 5.41) is 2.95. The van der Waals surface area contributed by atoms with Crippen LogP contribution in [0.2, 0.25) is 0 Å². The molecule has 2 aliphatic rings. The smallest absolute Gasteiger partial charge is 0.0551 e. The lowest BCUT2D eigenvalue weighted by atomic mass is 9.81. The van der Waals surface area contributed by atoms with E-state index in [-0.39, 0.29) is 7.92 Å². The molecule has 1 heterocycles. The SMILES string of the molecule is C1=CCC(CC2(CP(c3ccccc3)c3ccccc3)COC2)=C1. The first kappa shape index (κ1) is 15.8. The van der Waals surface area contributed by atoms with Gasteiger partial charge in [-0.05, 0) is 37.5 Å². The van der Waals surface area contributed by atoms with Crippen LogP contribution in [0.4, 0.5) is 0 Å². The van der Waals surface area contributed by atoms with Crippen LogP contribution in [0.1, 0.15) is 12.8 Å². The minimum atomic E-state index is -0.341. The summed E-state index contributed by atoms with van der Waals surface area (Å²) >= 11 is 0. The third-order valence-electron chi connectivity index (χ3n) is 4.90. The number of rotatable bonds is 6. The maximum absolute atomic E-state index is 5.68. The van der Waals surface area contributed by atoms with E-state index in [0.717, 1.165) is 19.6 Å². The van der Waals surface area contributed by atoms with Gasteiger partial charge in [0.15, 0.2) is 0 Å². The normalized spacial score (nSPS) is 18.5. The van der Waals surface area contributed by atoms with E-state index in [1.54, 1.807) is 5.57 Å². The van der Waals surface area contributed by atoms with E-state index < -0.39 is 0 Å². The molecule has 0 saturated carbocycles. The minimum absolute atomic E-state index is 0.315. The Balaban J connectivity index is 1.61. The minimum Gasteiger partial charge on any atom is -0.380 e. The Morgan fingerprint density at radius 3 is 1.96 bits per heavy atom. The zero-order valence-electron chi connectivity index (χ0n) is 13.9. The molecule has 1 aliphatic heterocycles. The van der Waals surface area contributed by atoms with Gasteiger partial charge in [-0.15, -0.1) is 0 Å². The molecule has 0 N–H and O–H groups in total. The van der Waals surface area contributed by atoms with Crippen molar-refractivity contribution in [1.29, 1.82) is 0 Å². The van der Waals surface area contributed by atoms with Crippen LogP contribution >= 0.6 is 7.92 Å². The van der Waals surface area contributed by atoms with Crippen LogP contribution < -0.4 is 10.6 Å². The van der Waals surface area contributed by atoms with Gasteiger partial charge in [-0.25, -0.2) is 0 Å². The Hall–Kier alpha value is -1.69. The van der Waals surface area contributed by atoms with Crippen LogP contribution in [0.5, 0.6) is 0 Å². The zero-order chi connectivity index (χ0) is 16.2. The molecule has 0 radical (unpaired) electrons. The molecule has 2 aromatic rings. The van der Waals surface area contributed by atoms with Crippen molar-refractivity contribution in [2.24, 2.45) is 5.41 Å². The third kappa shape index (κ3) is 3.38. The van der Waals surface area contributed by atoms with Crippen molar-refractivity contribution in [3.8, 4) is 0 Å². The Bertz CT molecular complexity index is 690. The van der Waals surface area contributed by atoms with E-state index in [1.807, 2.05) is 0 Å². The molecular formula is C22H23OP. The Kier molecular flexibility index (Phi) is 4.65. The summed E-state index contributed by atoms with van der Waals surface area (Å²) < 4.78 is 5.68. The first-order valence-corrected chi connectivity index (χ1v) is 10.2. The maximum Gasteiger partial charge on any atom is 0.0551 e. The second-order valence-corrected chi connectivity index (χ2v) is 9.09. The molecule has 1 fully saturated rings. The van der Waals surface area contributed by atoms with Crippen LogP contribution in [0.15, 0.2) is 84.5 Å². The molecule has 1 nitrogen and oxygen atoms in total. The van der Waals surface area contributed by atoms with Gasteiger partial charge >= 0.3 is 0 Å². The van der Waals surface area contributed by atoms with Crippen molar-refractivity contribution in [2.75, 3.05) is 19.4 Å². The Morgan fingerprint density at radius 1 is 0.875 bits per heavy atom. The molecule has 0 unspecified atom stereocenters. The molecule has 1 aliphatic carbocycles. The van der Waals surface area contributed by atoms with Gasteiger partial charge in [-0.2, -0.15) is 0 Å². The molecule has 2 aromatic carbocycles. The van der Waals surface area contributed by atoms with Gasteiger partial charge in [0.2, 0.25) is 0 Å². The number of ether oxygens (including phenoxy) is 1. The van der Waals surface area contributed by atoms with Gasteiger partial charge in [-0.1, -0.05) is 84.5 Å². The lowest BCUT2D eigenvalue weighted by Crippen LogP contribution is -2.46. The fourth-order valence-corrected chi connectivity index (χ4v) is 6.32. The molecule has 1 saturated heterocycles. The molecule has 4 rings (SSSR count). The van der Waals surface area contributed by atoms with E-state index in [2.05, 4.69) is 78.9 Å². The average molecular weight is 334 g/mol. The molecule has 0 spiro atoms. The first-order chi connectivity index (χ1) is 11.8. The molecule has 0 bridgehead atoms. The molecule has 0 atom stereocenters. The summed E-state index contributed by atoms with van der Waals surface area (Å²) in [6.07, 6.45) is 10.3. The van der Waals surface area contributed by atoms with E-state index in [1.165, 1.54) is 23.2 Å². The van der Waals surface area contributed by atoms with Crippen LogP contribution in [-0.4, -0.2) is 19.4 Å². The zero-order valence-corrected chi connectivity index (χ0v) is 14.8. The highest BCUT2D eigenvalue weighted by Gasteiger charge is 2.41. The first-order valence-electron chi connectivity index (χ1n) is 8.65. The van der Waals surface area contributed by atoms with Crippen molar-refractivity contribution in [2.45, 2.75) is 12.8 Å². The standard InChI is InChI=1S/C22H23OP/c1-3-11-20(12-4-1)24(21-13-5-2-6-14-21)18-22(16-23-17-22)15-19-9-7-8-10-19/h1-9,11-14H,10,15-18H2. The summed E-state index contributed by atoms with van der Waals surface area (Å²) in [7, 11) is -0.341. The molecule has 2 heteroatoms. The maximum atomic E-state index is 5.68. The van der Waals surface area contributed by atoms with Gasteiger partial charge in [0.1, 0.15) is 0 Å². The van der Waals surface area contributed by atoms with E-state index in [0.29, 0.717) is 5.41 Å². The number of benzene rings is 2. The molecule has 0 amide bonds. The van der Waals surface area contributed by atoms with Gasteiger partial charge in [0.25, 0.3) is 0 Å². The fraction of sp³-hybridized carbons (Fsp3) is 0.273. The van der Waals surface area contributed by atoms with Crippen LogP contribution in [0.25, 0.3) is 0 Å². The van der Waals surface area contributed by atoms with Gasteiger partial charge in [0.05, 0.1) is 13.2 Å². The average Bonchev–Trinajstić information content (AvgIpc) is 3.11. The van der Waals surface area contributed by atoms with Gasteiger partial charge in [0, 0.05) is 5.41 Å². The van der Waals surface area contributed by atoms with E-state index in [9.17, 15) is 0 Å².